The molecule has 0 N–H and O–H groups in total. The minimum Gasteiger partial charge on any atom is -0.493 e. The zero-order chi connectivity index (χ0) is 35.5. The number of likely N-dealkylation sites (tertiary alicyclic amines) is 1. The Labute approximate surface area is 299 Å². The predicted molar refractivity (Wildman–Crippen MR) is 186 cm³/mol. The Morgan fingerprint density at radius 1 is 1.02 bits per heavy atom. The van der Waals surface area contributed by atoms with Crippen LogP contribution in [0.5, 0.6) is 11.5 Å². The summed E-state index contributed by atoms with van der Waals surface area (Å²) in [7, 11) is 1.53. The van der Waals surface area contributed by atoms with Crippen molar-refractivity contribution in [2.75, 3.05) is 44.8 Å². The average molecular weight is 731 g/mol. The van der Waals surface area contributed by atoms with Crippen molar-refractivity contribution < 1.29 is 32.5 Å². The molecule has 0 radical (unpaired) electrons. The number of carbonyl (C=O) groups is 1. The first-order valence-electron chi connectivity index (χ1n) is 16.7. The van der Waals surface area contributed by atoms with Gasteiger partial charge in [-0.3, -0.25) is 4.98 Å². The highest BCUT2D eigenvalue weighted by molar-refractivity contribution is 6.35. The topological polar surface area (TPSA) is 91.2 Å². The zero-order valence-corrected chi connectivity index (χ0v) is 30.1. The van der Waals surface area contributed by atoms with Crippen LogP contribution in [0.25, 0.3) is 22.2 Å². The summed E-state index contributed by atoms with van der Waals surface area (Å²) >= 11 is 12.8. The van der Waals surface area contributed by atoms with Gasteiger partial charge in [-0.15, -0.1) is 0 Å². The number of ether oxygens (including phenoxy) is 4. The third-order valence-electron chi connectivity index (χ3n) is 9.38. The lowest BCUT2D eigenvalue weighted by atomic mass is 9.72. The number of nitrogens with zero attached hydrogens (tertiary/aromatic N) is 5. The third kappa shape index (κ3) is 6.41. The van der Waals surface area contributed by atoms with E-state index in [4.69, 9.17) is 47.2 Å². The van der Waals surface area contributed by atoms with E-state index in [1.165, 1.54) is 31.6 Å². The fourth-order valence-electron chi connectivity index (χ4n) is 7.15. The van der Waals surface area contributed by atoms with Crippen LogP contribution in [0.15, 0.2) is 36.7 Å². The number of rotatable bonds is 7. The van der Waals surface area contributed by atoms with Gasteiger partial charge in [-0.05, 0) is 65.2 Å². The standard InChI is InChI=1S/C36H39Cl2F2N5O5/c1-20(31-23(37)14-41-15-24(31)38)49-29-12-22-27(13-28(29)47-5)45(30-8-6-7-9-48-30)42-32(22)21-10-25(39)33(26(40)11-21)43-16-36(17-43)18-44(19-36)34(46)50-35(2,3)4/h10-15,20,30H,6-9,16-19H2,1-5H3/t20-,30?/m1/s1. The van der Waals surface area contributed by atoms with Crippen LogP contribution in [0.3, 0.4) is 0 Å². The van der Waals surface area contributed by atoms with Crippen LogP contribution >= 0.6 is 23.2 Å². The largest absolute Gasteiger partial charge is 0.493 e. The molecule has 5 heterocycles. The lowest BCUT2D eigenvalue weighted by Crippen LogP contribution is -2.73. The van der Waals surface area contributed by atoms with Crippen molar-refractivity contribution in [1.29, 1.82) is 0 Å². The van der Waals surface area contributed by atoms with Gasteiger partial charge in [0, 0.05) is 73.2 Å². The number of hydrogen-bond donors (Lipinski definition) is 0. The first-order chi connectivity index (χ1) is 23.8. The van der Waals surface area contributed by atoms with Crippen molar-refractivity contribution in [3.8, 4) is 22.8 Å². The van der Waals surface area contributed by atoms with Crippen molar-refractivity contribution in [2.24, 2.45) is 5.41 Å². The first kappa shape index (κ1) is 34.6. The van der Waals surface area contributed by atoms with Gasteiger partial charge >= 0.3 is 6.09 Å². The molecule has 2 aromatic carbocycles. The lowest BCUT2D eigenvalue weighted by molar-refractivity contribution is -0.0456. The van der Waals surface area contributed by atoms with E-state index in [1.807, 2.05) is 20.8 Å². The maximum absolute atomic E-state index is 15.9. The number of fused-ring (bicyclic) bond motifs is 1. The summed E-state index contributed by atoms with van der Waals surface area (Å²) in [4.78, 5) is 19.8. The van der Waals surface area contributed by atoms with Gasteiger partial charge in [-0.2, -0.15) is 5.10 Å². The number of benzene rings is 2. The fraction of sp³-hybridized carbons (Fsp3) is 0.472. The molecule has 3 saturated heterocycles. The summed E-state index contributed by atoms with van der Waals surface area (Å²) in [6, 6.07) is 6.18. The number of anilines is 1. The van der Waals surface area contributed by atoms with Gasteiger partial charge in [0.1, 0.15) is 34.7 Å². The maximum atomic E-state index is 15.9. The molecule has 2 aromatic heterocycles. The van der Waals surface area contributed by atoms with Gasteiger partial charge in [0.2, 0.25) is 0 Å². The lowest BCUT2D eigenvalue weighted by Gasteiger charge is -2.60. The van der Waals surface area contributed by atoms with Crippen LogP contribution in [0.2, 0.25) is 10.0 Å². The quantitative estimate of drug-likeness (QED) is 0.187. The Kier molecular flexibility index (Phi) is 9.01. The molecule has 3 aliphatic heterocycles. The van der Waals surface area contributed by atoms with E-state index < -0.39 is 23.3 Å². The minimum atomic E-state index is -0.699. The van der Waals surface area contributed by atoms with Crippen LogP contribution in [0, 0.1) is 17.0 Å². The van der Waals surface area contributed by atoms with E-state index in [9.17, 15) is 4.79 Å². The van der Waals surface area contributed by atoms with E-state index in [-0.39, 0.29) is 29.0 Å². The molecule has 3 fully saturated rings. The molecular formula is C36H39Cl2F2N5O5. The SMILES string of the molecule is COc1cc2c(cc1O[C@H](C)c1c(Cl)cncc1Cl)c(-c1cc(F)c(N3CC4(CN(C(=O)OC(C)(C)C)C4)C3)c(F)c1)nn2C1CCCCO1. The molecular weight excluding hydrogens is 691 g/mol. The molecule has 0 aliphatic carbocycles. The Balaban J connectivity index is 1.20. The summed E-state index contributed by atoms with van der Waals surface area (Å²) < 4.78 is 57.3. The molecule has 0 saturated carbocycles. The molecule has 10 nitrogen and oxygen atoms in total. The summed E-state index contributed by atoms with van der Waals surface area (Å²) in [5.41, 5.74) is 0.960. The zero-order valence-electron chi connectivity index (χ0n) is 28.6. The summed E-state index contributed by atoms with van der Waals surface area (Å²) in [6.45, 7) is 9.67. The van der Waals surface area contributed by atoms with E-state index in [1.54, 1.807) is 33.5 Å². The van der Waals surface area contributed by atoms with Gasteiger partial charge in [-0.25, -0.2) is 18.3 Å². The molecule has 266 valence electrons. The molecule has 1 unspecified atom stereocenters. The number of pyridine rings is 1. The normalized spacial score (nSPS) is 19.3. The van der Waals surface area contributed by atoms with Crippen molar-refractivity contribution in [2.45, 2.75) is 64.9 Å². The smallest absolute Gasteiger partial charge is 0.410 e. The molecule has 2 atom stereocenters. The number of hydrogen-bond acceptors (Lipinski definition) is 8. The highest BCUT2D eigenvalue weighted by atomic mass is 35.5. The van der Waals surface area contributed by atoms with Crippen molar-refractivity contribution in [1.82, 2.24) is 19.7 Å². The Morgan fingerprint density at radius 2 is 1.70 bits per heavy atom. The fourth-order valence-corrected chi connectivity index (χ4v) is 7.82. The van der Waals surface area contributed by atoms with Crippen molar-refractivity contribution in [3.05, 3.63) is 63.9 Å². The van der Waals surface area contributed by atoms with E-state index in [0.29, 0.717) is 76.5 Å². The molecule has 50 heavy (non-hydrogen) atoms. The molecule has 7 rings (SSSR count). The second-order valence-electron chi connectivity index (χ2n) is 14.4. The van der Waals surface area contributed by atoms with Crippen molar-refractivity contribution >= 4 is 45.9 Å². The molecule has 4 aromatic rings. The Morgan fingerprint density at radius 3 is 2.30 bits per heavy atom. The molecule has 1 amide bonds. The minimum absolute atomic E-state index is 0.0972. The van der Waals surface area contributed by atoms with Gasteiger partial charge in [0.15, 0.2) is 17.7 Å². The van der Waals surface area contributed by atoms with Gasteiger partial charge in [-0.1, -0.05) is 23.2 Å². The van der Waals surface area contributed by atoms with Crippen LogP contribution in [-0.2, 0) is 9.47 Å². The highest BCUT2D eigenvalue weighted by Gasteiger charge is 2.55. The van der Waals surface area contributed by atoms with Crippen molar-refractivity contribution in [3.63, 3.8) is 0 Å². The highest BCUT2D eigenvalue weighted by Crippen LogP contribution is 2.46. The van der Waals surface area contributed by atoms with Crippen LogP contribution in [0.1, 0.15) is 64.9 Å². The third-order valence-corrected chi connectivity index (χ3v) is 9.99. The summed E-state index contributed by atoms with van der Waals surface area (Å²) in [5, 5.41) is 6.19. The van der Waals surface area contributed by atoms with Crippen LogP contribution in [0.4, 0.5) is 19.3 Å². The predicted octanol–water partition coefficient (Wildman–Crippen LogP) is 8.59. The van der Waals surface area contributed by atoms with Gasteiger partial charge in [0.25, 0.3) is 0 Å². The first-order valence-corrected chi connectivity index (χ1v) is 17.4. The Bertz CT molecular complexity index is 1900. The second kappa shape index (κ2) is 13.0. The second-order valence-corrected chi connectivity index (χ2v) is 15.2. The van der Waals surface area contributed by atoms with E-state index >= 15 is 8.78 Å². The van der Waals surface area contributed by atoms with Crippen LogP contribution in [-0.4, -0.2) is 71.3 Å². The summed E-state index contributed by atoms with van der Waals surface area (Å²) in [6.07, 6.45) is 4.28. The number of halogens is 4. The van der Waals surface area contributed by atoms with E-state index in [2.05, 4.69) is 4.98 Å². The number of amides is 1. The maximum Gasteiger partial charge on any atom is 0.410 e. The number of aromatic nitrogens is 3. The molecule has 14 heteroatoms. The Hall–Kier alpha value is -3.87. The average Bonchev–Trinajstić information content (AvgIpc) is 3.38. The molecule has 1 spiro atoms. The van der Waals surface area contributed by atoms with E-state index in [0.717, 1.165) is 19.3 Å². The molecule has 3 aliphatic rings. The number of carbonyl (C=O) groups excluding carboxylic acids is 1. The number of methoxy groups -OCH3 is 1. The van der Waals surface area contributed by atoms with Gasteiger partial charge in [0.05, 0.1) is 22.7 Å². The monoisotopic (exact) mass is 729 g/mol. The van der Waals surface area contributed by atoms with Gasteiger partial charge < -0.3 is 28.7 Å². The van der Waals surface area contributed by atoms with Crippen LogP contribution < -0.4 is 14.4 Å². The molecule has 0 bridgehead atoms. The summed E-state index contributed by atoms with van der Waals surface area (Å²) in [5.74, 6) is -0.605.